The topological polar surface area (TPSA) is 70.0 Å². The van der Waals surface area contributed by atoms with Crippen LogP contribution < -0.4 is 4.72 Å². The smallest absolute Gasteiger partial charge is 0.207 e. The molecule has 0 radical (unpaired) electrons. The van der Waals surface area contributed by atoms with Gasteiger partial charge in [-0.1, -0.05) is 53.5 Å². The fourth-order valence-corrected chi connectivity index (χ4v) is 4.82. The second-order valence-corrected chi connectivity index (χ2v) is 7.75. The third-order valence-corrected chi connectivity index (χ3v) is 5.63. The van der Waals surface area contributed by atoms with E-state index in [2.05, 4.69) is 4.72 Å². The summed E-state index contributed by atoms with van der Waals surface area (Å²) in [7, 11) is -3.91. The van der Waals surface area contributed by atoms with Crippen LogP contribution in [0.1, 0.15) is 11.6 Å². The molecule has 1 N–H and O–H groups in total. The molecule has 0 saturated heterocycles. The van der Waals surface area contributed by atoms with E-state index in [0.29, 0.717) is 5.56 Å². The molecule has 20 heavy (non-hydrogen) atoms. The van der Waals surface area contributed by atoms with E-state index < -0.39 is 16.1 Å². The average Bonchev–Trinajstić information content (AvgIpc) is 2.77. The quantitative estimate of drug-likeness (QED) is 0.919. The summed E-state index contributed by atoms with van der Waals surface area (Å²) in [4.78, 5) is -0.120. The van der Waals surface area contributed by atoms with Gasteiger partial charge in [0.15, 0.2) is 0 Å². The van der Waals surface area contributed by atoms with E-state index in [4.69, 9.17) is 28.5 Å². The van der Waals surface area contributed by atoms with E-state index in [0.717, 1.165) is 11.3 Å². The SMILES string of the molecule is N#CC(NS(=O)(=O)c1cc(Cl)sc1Cl)c1ccccc1. The minimum atomic E-state index is -3.91. The number of sulfonamides is 1. The van der Waals surface area contributed by atoms with Crippen molar-refractivity contribution in [2.45, 2.75) is 10.9 Å². The van der Waals surface area contributed by atoms with Gasteiger partial charge in [0.25, 0.3) is 0 Å². The highest BCUT2D eigenvalue weighted by atomic mass is 35.5. The molecule has 0 fully saturated rings. The summed E-state index contributed by atoms with van der Waals surface area (Å²) in [6, 6.07) is 10.7. The first-order chi connectivity index (χ1) is 9.44. The van der Waals surface area contributed by atoms with Crippen LogP contribution in [0.5, 0.6) is 0 Å². The highest BCUT2D eigenvalue weighted by Crippen LogP contribution is 2.34. The lowest BCUT2D eigenvalue weighted by atomic mass is 10.1. The lowest BCUT2D eigenvalue weighted by Crippen LogP contribution is -2.27. The van der Waals surface area contributed by atoms with Crippen LogP contribution in [0.3, 0.4) is 0 Å². The van der Waals surface area contributed by atoms with E-state index in [1.54, 1.807) is 30.3 Å². The van der Waals surface area contributed by atoms with Crippen LogP contribution >= 0.6 is 34.5 Å². The van der Waals surface area contributed by atoms with E-state index in [9.17, 15) is 8.42 Å². The number of thiophene rings is 1. The van der Waals surface area contributed by atoms with E-state index in [1.807, 2.05) is 6.07 Å². The highest BCUT2D eigenvalue weighted by molar-refractivity contribution is 7.89. The molecule has 2 aromatic rings. The Balaban J connectivity index is 2.33. The van der Waals surface area contributed by atoms with Crippen molar-refractivity contribution in [3.8, 4) is 6.07 Å². The van der Waals surface area contributed by atoms with Crippen LogP contribution in [-0.4, -0.2) is 8.42 Å². The van der Waals surface area contributed by atoms with Gasteiger partial charge in [-0.15, -0.1) is 11.3 Å². The van der Waals surface area contributed by atoms with Gasteiger partial charge >= 0.3 is 0 Å². The summed E-state index contributed by atoms with van der Waals surface area (Å²) < 4.78 is 27.1. The molecular formula is C12H8Cl2N2O2S2. The molecule has 0 amide bonds. The number of nitriles is 1. The van der Waals surface area contributed by atoms with Gasteiger partial charge in [-0.25, -0.2) is 8.42 Å². The first kappa shape index (κ1) is 15.3. The Hall–Kier alpha value is -1.10. The minimum Gasteiger partial charge on any atom is -0.207 e. The Labute approximate surface area is 130 Å². The van der Waals surface area contributed by atoms with Crippen LogP contribution in [0.25, 0.3) is 0 Å². The van der Waals surface area contributed by atoms with Crippen LogP contribution in [0.4, 0.5) is 0 Å². The van der Waals surface area contributed by atoms with Gasteiger partial charge in [-0.2, -0.15) is 9.98 Å². The zero-order chi connectivity index (χ0) is 14.8. The maximum Gasteiger partial charge on any atom is 0.244 e. The lowest BCUT2D eigenvalue weighted by molar-refractivity contribution is 0.576. The number of hydrogen-bond acceptors (Lipinski definition) is 4. The molecule has 0 saturated carbocycles. The van der Waals surface area contributed by atoms with Gasteiger partial charge in [0.2, 0.25) is 10.0 Å². The maximum absolute atomic E-state index is 12.2. The molecule has 1 unspecified atom stereocenters. The van der Waals surface area contributed by atoms with Crippen molar-refractivity contribution in [3.05, 3.63) is 50.6 Å². The van der Waals surface area contributed by atoms with E-state index in [-0.39, 0.29) is 13.6 Å². The third-order valence-electron chi connectivity index (χ3n) is 2.45. The summed E-state index contributed by atoms with van der Waals surface area (Å²) in [5.41, 5.74) is 0.552. The van der Waals surface area contributed by atoms with Crippen molar-refractivity contribution in [2.24, 2.45) is 0 Å². The number of hydrogen-bond donors (Lipinski definition) is 1. The molecule has 0 aliphatic heterocycles. The van der Waals surface area contributed by atoms with Crippen LogP contribution in [0.2, 0.25) is 8.67 Å². The standard InChI is InChI=1S/C12H8Cl2N2O2S2/c13-11-6-10(12(14)19-11)20(17,18)16-9(7-15)8-4-2-1-3-5-8/h1-6,9,16H. The Bertz CT molecular complexity index is 752. The number of benzene rings is 1. The predicted octanol–water partition coefficient (Wildman–Crippen LogP) is 3.60. The van der Waals surface area contributed by atoms with Gasteiger partial charge in [-0.3, -0.25) is 0 Å². The fraction of sp³-hybridized carbons (Fsp3) is 0.0833. The molecule has 4 nitrogen and oxygen atoms in total. The average molecular weight is 347 g/mol. The van der Waals surface area contributed by atoms with Gasteiger partial charge in [-0.05, 0) is 11.6 Å². The summed E-state index contributed by atoms with van der Waals surface area (Å²) in [6.07, 6.45) is 0. The van der Waals surface area contributed by atoms with Crippen LogP contribution in [0, 0.1) is 11.3 Å². The van der Waals surface area contributed by atoms with Crippen LogP contribution in [-0.2, 0) is 10.0 Å². The highest BCUT2D eigenvalue weighted by Gasteiger charge is 2.25. The molecule has 1 aromatic carbocycles. The molecule has 104 valence electrons. The van der Waals surface area contributed by atoms with E-state index >= 15 is 0 Å². The minimum absolute atomic E-state index is 0.0623. The predicted molar refractivity (Wildman–Crippen MR) is 79.5 cm³/mol. The largest absolute Gasteiger partial charge is 0.244 e. The summed E-state index contributed by atoms with van der Waals surface area (Å²) >= 11 is 12.5. The lowest BCUT2D eigenvalue weighted by Gasteiger charge is -2.11. The molecule has 1 heterocycles. The number of rotatable bonds is 4. The van der Waals surface area contributed by atoms with Crippen molar-refractivity contribution in [2.75, 3.05) is 0 Å². The van der Waals surface area contributed by atoms with Gasteiger partial charge in [0.1, 0.15) is 15.3 Å². The number of nitrogens with zero attached hydrogens (tertiary/aromatic N) is 1. The van der Waals surface area contributed by atoms with Crippen molar-refractivity contribution in [1.82, 2.24) is 4.72 Å². The third kappa shape index (κ3) is 3.32. The molecule has 0 aliphatic carbocycles. The molecular weight excluding hydrogens is 339 g/mol. The second-order valence-electron chi connectivity index (χ2n) is 3.78. The molecule has 0 aliphatic rings. The second kappa shape index (κ2) is 6.12. The van der Waals surface area contributed by atoms with Gasteiger partial charge in [0, 0.05) is 0 Å². The number of nitrogens with one attached hydrogen (secondary N) is 1. The zero-order valence-electron chi connectivity index (χ0n) is 9.88. The fourth-order valence-electron chi connectivity index (χ4n) is 1.54. The Kier molecular flexibility index (Phi) is 4.68. The molecule has 1 aromatic heterocycles. The Morgan fingerprint density at radius 1 is 1.25 bits per heavy atom. The summed E-state index contributed by atoms with van der Waals surface area (Å²) in [6.45, 7) is 0. The number of halogens is 2. The van der Waals surface area contributed by atoms with Crippen molar-refractivity contribution in [1.29, 1.82) is 5.26 Å². The first-order valence-electron chi connectivity index (χ1n) is 5.36. The van der Waals surface area contributed by atoms with E-state index in [1.165, 1.54) is 6.07 Å². The first-order valence-corrected chi connectivity index (χ1v) is 8.41. The van der Waals surface area contributed by atoms with Gasteiger partial charge in [0.05, 0.1) is 10.4 Å². The van der Waals surface area contributed by atoms with Crippen molar-refractivity contribution >= 4 is 44.6 Å². The Morgan fingerprint density at radius 2 is 1.90 bits per heavy atom. The van der Waals surface area contributed by atoms with Crippen molar-refractivity contribution in [3.63, 3.8) is 0 Å². The molecule has 8 heteroatoms. The maximum atomic E-state index is 12.2. The zero-order valence-corrected chi connectivity index (χ0v) is 13.0. The summed E-state index contributed by atoms with van der Waals surface area (Å²) in [5.74, 6) is 0. The Morgan fingerprint density at radius 3 is 2.40 bits per heavy atom. The molecule has 1 atom stereocenters. The molecule has 2 rings (SSSR count). The van der Waals surface area contributed by atoms with Crippen molar-refractivity contribution < 1.29 is 8.42 Å². The normalized spacial score (nSPS) is 12.8. The molecule has 0 bridgehead atoms. The van der Waals surface area contributed by atoms with Crippen LogP contribution in [0.15, 0.2) is 41.3 Å². The van der Waals surface area contributed by atoms with Gasteiger partial charge < -0.3 is 0 Å². The molecule has 0 spiro atoms. The monoisotopic (exact) mass is 346 g/mol. The summed E-state index contributed by atoms with van der Waals surface area (Å²) in [5, 5.41) is 9.13.